The molecule has 1 N–H and O–H groups in total. The fourth-order valence-electron chi connectivity index (χ4n) is 5.08. The van der Waals surface area contributed by atoms with E-state index in [1.807, 2.05) is 17.0 Å². The third-order valence-corrected chi connectivity index (χ3v) is 6.78. The molecule has 1 aromatic rings. The van der Waals surface area contributed by atoms with E-state index >= 15 is 0 Å². The SMILES string of the molecule is O=C(N1CCCC(N2CCN(c3ccc(F)cc3)CC2)C1)C1(O)CCCCC1. The van der Waals surface area contributed by atoms with E-state index < -0.39 is 5.60 Å². The molecule has 2 aliphatic heterocycles. The molecule has 5 nitrogen and oxygen atoms in total. The Kier molecular flexibility index (Phi) is 5.88. The first kappa shape index (κ1) is 19.6. The Morgan fingerprint density at radius 2 is 1.64 bits per heavy atom. The van der Waals surface area contributed by atoms with Gasteiger partial charge in [0.15, 0.2) is 0 Å². The summed E-state index contributed by atoms with van der Waals surface area (Å²) < 4.78 is 13.1. The zero-order valence-corrected chi connectivity index (χ0v) is 16.7. The van der Waals surface area contributed by atoms with Crippen LogP contribution in [0.25, 0.3) is 0 Å². The summed E-state index contributed by atoms with van der Waals surface area (Å²) in [4.78, 5) is 19.7. The zero-order chi connectivity index (χ0) is 19.6. The van der Waals surface area contributed by atoms with Crippen molar-refractivity contribution in [3.63, 3.8) is 0 Å². The molecule has 0 spiro atoms. The topological polar surface area (TPSA) is 47.0 Å². The highest BCUT2D eigenvalue weighted by molar-refractivity contribution is 5.85. The fourth-order valence-corrected chi connectivity index (χ4v) is 5.08. The van der Waals surface area contributed by atoms with E-state index in [1.54, 1.807) is 0 Å². The predicted molar refractivity (Wildman–Crippen MR) is 108 cm³/mol. The van der Waals surface area contributed by atoms with Crippen molar-refractivity contribution in [2.75, 3.05) is 44.2 Å². The number of piperazine rings is 1. The van der Waals surface area contributed by atoms with E-state index in [4.69, 9.17) is 0 Å². The molecule has 1 saturated carbocycles. The van der Waals surface area contributed by atoms with Crippen LogP contribution in [-0.2, 0) is 4.79 Å². The number of aliphatic hydroxyl groups is 1. The van der Waals surface area contributed by atoms with Crippen molar-refractivity contribution in [1.29, 1.82) is 0 Å². The van der Waals surface area contributed by atoms with E-state index in [1.165, 1.54) is 12.1 Å². The third kappa shape index (κ3) is 4.18. The van der Waals surface area contributed by atoms with Crippen molar-refractivity contribution in [2.45, 2.75) is 56.6 Å². The molecule has 154 valence electrons. The standard InChI is InChI=1S/C22H32FN3O2/c23-18-6-8-19(9-7-18)24-13-15-25(16-14-24)20-5-4-12-26(17-20)21(27)22(28)10-2-1-3-11-22/h6-9,20,28H,1-5,10-17H2. The molecule has 2 saturated heterocycles. The second-order valence-corrected chi connectivity index (χ2v) is 8.64. The Morgan fingerprint density at radius 1 is 0.964 bits per heavy atom. The van der Waals surface area contributed by atoms with E-state index in [9.17, 15) is 14.3 Å². The predicted octanol–water partition coefficient (Wildman–Crippen LogP) is 2.63. The van der Waals surface area contributed by atoms with Gasteiger partial charge in [-0.05, 0) is 49.9 Å². The van der Waals surface area contributed by atoms with Crippen LogP contribution >= 0.6 is 0 Å². The van der Waals surface area contributed by atoms with Gasteiger partial charge in [-0.3, -0.25) is 9.69 Å². The summed E-state index contributed by atoms with van der Waals surface area (Å²) >= 11 is 0. The van der Waals surface area contributed by atoms with Crippen LogP contribution in [0.4, 0.5) is 10.1 Å². The smallest absolute Gasteiger partial charge is 0.254 e. The Bertz CT molecular complexity index is 667. The molecule has 0 radical (unpaired) electrons. The minimum Gasteiger partial charge on any atom is -0.380 e. The maximum atomic E-state index is 13.1. The fraction of sp³-hybridized carbons (Fsp3) is 0.682. The first-order chi connectivity index (χ1) is 13.5. The Morgan fingerprint density at radius 3 is 2.32 bits per heavy atom. The first-order valence-corrected chi connectivity index (χ1v) is 10.8. The molecule has 1 atom stereocenters. The summed E-state index contributed by atoms with van der Waals surface area (Å²) in [6.07, 6.45) is 6.36. The summed E-state index contributed by atoms with van der Waals surface area (Å²) in [5.74, 6) is -0.240. The molecular weight excluding hydrogens is 357 g/mol. The highest BCUT2D eigenvalue weighted by atomic mass is 19.1. The minimum atomic E-state index is -1.12. The molecule has 28 heavy (non-hydrogen) atoms. The normalized spacial score (nSPS) is 26.3. The van der Waals surface area contributed by atoms with E-state index in [0.717, 1.165) is 77.1 Å². The van der Waals surface area contributed by atoms with Crippen LogP contribution in [0.15, 0.2) is 24.3 Å². The molecule has 1 unspecified atom stereocenters. The quantitative estimate of drug-likeness (QED) is 0.863. The second-order valence-electron chi connectivity index (χ2n) is 8.64. The van der Waals surface area contributed by atoms with Gasteiger partial charge in [0.05, 0.1) is 0 Å². The van der Waals surface area contributed by atoms with Gasteiger partial charge in [0.25, 0.3) is 5.91 Å². The Labute approximate surface area is 167 Å². The average Bonchev–Trinajstić information content (AvgIpc) is 2.74. The number of hydrogen-bond donors (Lipinski definition) is 1. The van der Waals surface area contributed by atoms with E-state index in [2.05, 4.69) is 9.80 Å². The van der Waals surface area contributed by atoms with Gasteiger partial charge in [-0.2, -0.15) is 0 Å². The maximum absolute atomic E-state index is 13.1. The number of rotatable bonds is 3. The minimum absolute atomic E-state index is 0.0400. The lowest BCUT2D eigenvalue weighted by atomic mass is 9.83. The van der Waals surface area contributed by atoms with E-state index in [0.29, 0.717) is 18.9 Å². The molecule has 2 heterocycles. The lowest BCUT2D eigenvalue weighted by Crippen LogP contribution is -2.59. The summed E-state index contributed by atoms with van der Waals surface area (Å²) in [5, 5.41) is 10.8. The van der Waals surface area contributed by atoms with Crippen molar-refractivity contribution in [1.82, 2.24) is 9.80 Å². The molecule has 0 aromatic heterocycles. The second kappa shape index (κ2) is 8.37. The Balaban J connectivity index is 1.32. The van der Waals surface area contributed by atoms with Crippen LogP contribution in [0.2, 0.25) is 0 Å². The number of carbonyl (C=O) groups is 1. The van der Waals surface area contributed by atoms with E-state index in [-0.39, 0.29) is 11.7 Å². The van der Waals surface area contributed by atoms with Gasteiger partial charge in [-0.15, -0.1) is 0 Å². The molecule has 1 amide bonds. The Hall–Kier alpha value is -1.66. The number of amides is 1. The number of nitrogens with zero attached hydrogens (tertiary/aromatic N) is 3. The summed E-state index contributed by atoms with van der Waals surface area (Å²) in [5.41, 5.74) is -0.0532. The van der Waals surface area contributed by atoms with Gasteiger partial charge < -0.3 is 14.9 Å². The van der Waals surface area contributed by atoms with Crippen LogP contribution in [0.3, 0.4) is 0 Å². The molecule has 3 aliphatic rings. The summed E-state index contributed by atoms with van der Waals surface area (Å²) in [6, 6.07) is 7.10. The van der Waals surface area contributed by atoms with Crippen LogP contribution in [0.1, 0.15) is 44.9 Å². The maximum Gasteiger partial charge on any atom is 0.254 e. The van der Waals surface area contributed by atoms with Crippen molar-refractivity contribution in [2.24, 2.45) is 0 Å². The number of carbonyl (C=O) groups excluding carboxylic acids is 1. The van der Waals surface area contributed by atoms with Gasteiger partial charge in [0.2, 0.25) is 0 Å². The van der Waals surface area contributed by atoms with Crippen molar-refractivity contribution in [3.8, 4) is 0 Å². The largest absolute Gasteiger partial charge is 0.380 e. The van der Waals surface area contributed by atoms with Gasteiger partial charge in [-0.25, -0.2) is 4.39 Å². The number of benzene rings is 1. The van der Waals surface area contributed by atoms with Gasteiger partial charge in [0, 0.05) is 51.0 Å². The highest BCUT2D eigenvalue weighted by Gasteiger charge is 2.41. The molecular formula is C22H32FN3O2. The van der Waals surface area contributed by atoms with Gasteiger partial charge in [-0.1, -0.05) is 19.3 Å². The summed E-state index contributed by atoms with van der Waals surface area (Å²) in [6.45, 7) is 5.24. The molecule has 1 aromatic carbocycles. The van der Waals surface area contributed by atoms with Crippen molar-refractivity contribution in [3.05, 3.63) is 30.1 Å². The summed E-state index contributed by atoms with van der Waals surface area (Å²) in [7, 11) is 0. The third-order valence-electron chi connectivity index (χ3n) is 6.78. The monoisotopic (exact) mass is 389 g/mol. The lowest BCUT2D eigenvalue weighted by Gasteiger charge is -2.45. The molecule has 1 aliphatic carbocycles. The molecule has 4 rings (SSSR count). The number of piperidine rings is 1. The molecule has 3 fully saturated rings. The number of hydrogen-bond acceptors (Lipinski definition) is 4. The van der Waals surface area contributed by atoms with Gasteiger partial charge >= 0.3 is 0 Å². The van der Waals surface area contributed by atoms with Gasteiger partial charge in [0.1, 0.15) is 11.4 Å². The molecule has 0 bridgehead atoms. The number of likely N-dealkylation sites (tertiary alicyclic amines) is 1. The number of halogens is 1. The average molecular weight is 390 g/mol. The lowest BCUT2D eigenvalue weighted by molar-refractivity contribution is -0.157. The van der Waals surface area contributed by atoms with Crippen LogP contribution in [0, 0.1) is 5.82 Å². The highest BCUT2D eigenvalue weighted by Crippen LogP contribution is 2.31. The van der Waals surface area contributed by atoms with Crippen LogP contribution < -0.4 is 4.90 Å². The van der Waals surface area contributed by atoms with Crippen LogP contribution in [0.5, 0.6) is 0 Å². The molecule has 6 heteroatoms. The van der Waals surface area contributed by atoms with Crippen molar-refractivity contribution >= 4 is 11.6 Å². The zero-order valence-electron chi connectivity index (χ0n) is 16.7. The number of anilines is 1. The van der Waals surface area contributed by atoms with Crippen LogP contribution in [-0.4, -0.2) is 71.7 Å². The first-order valence-electron chi connectivity index (χ1n) is 10.8. The van der Waals surface area contributed by atoms with Crippen molar-refractivity contribution < 1.29 is 14.3 Å².